The number of rotatable bonds is 4. The highest BCUT2D eigenvalue weighted by Gasteiger charge is 2.17. The molecule has 0 amide bonds. The van der Waals surface area contributed by atoms with Gasteiger partial charge in [0.05, 0.1) is 16.2 Å². The second kappa shape index (κ2) is 7.04. The number of hydrogen-bond acceptors (Lipinski definition) is 5. The van der Waals surface area contributed by atoms with Crippen LogP contribution in [-0.4, -0.2) is 23.3 Å². The van der Waals surface area contributed by atoms with E-state index in [1.807, 2.05) is 0 Å². The van der Waals surface area contributed by atoms with Crippen molar-refractivity contribution in [3.63, 3.8) is 0 Å². The Morgan fingerprint density at radius 3 is 2.57 bits per heavy atom. The van der Waals surface area contributed by atoms with Gasteiger partial charge in [0.25, 0.3) is 5.69 Å². The summed E-state index contributed by atoms with van der Waals surface area (Å²) in [5, 5.41) is 27.0. The summed E-state index contributed by atoms with van der Waals surface area (Å²) in [6, 6.07) is 7.09. The van der Waals surface area contributed by atoms with Crippen molar-refractivity contribution >= 4 is 52.4 Å². The maximum Gasteiger partial charge on any atom is 0.295 e. The summed E-state index contributed by atoms with van der Waals surface area (Å²) in [5.74, 6) is -0.182. The van der Waals surface area contributed by atoms with E-state index in [0.29, 0.717) is 5.02 Å². The molecule has 2 aromatic carbocycles. The number of hydrogen-bond donors (Lipinski definition) is 1. The van der Waals surface area contributed by atoms with Gasteiger partial charge in [-0.3, -0.25) is 15.1 Å². The maximum atomic E-state index is 11.1. The molecule has 0 unspecified atom stereocenters. The molecule has 2 rings (SSSR count). The lowest BCUT2D eigenvalue weighted by Gasteiger charge is -2.13. The van der Waals surface area contributed by atoms with Crippen molar-refractivity contribution in [2.45, 2.75) is 0 Å². The zero-order valence-electron chi connectivity index (χ0n) is 11.7. The topological polar surface area (TPSA) is 79.0 Å². The second-order valence-corrected chi connectivity index (χ2v) is 5.76. The van der Waals surface area contributed by atoms with Gasteiger partial charge in [0.1, 0.15) is 11.4 Å². The van der Waals surface area contributed by atoms with Gasteiger partial charge in [-0.15, -0.1) is 0 Å². The third kappa shape index (κ3) is 4.04. The van der Waals surface area contributed by atoms with Crippen LogP contribution in [0.4, 0.5) is 11.4 Å². The number of phenols is 1. The van der Waals surface area contributed by atoms with Crippen LogP contribution < -0.4 is 5.01 Å². The Morgan fingerprint density at radius 2 is 1.91 bits per heavy atom. The molecule has 0 aromatic heterocycles. The Labute approximate surface area is 146 Å². The van der Waals surface area contributed by atoms with Gasteiger partial charge >= 0.3 is 0 Å². The molecule has 0 fully saturated rings. The molecule has 1 N–H and O–H groups in total. The molecule has 120 valence electrons. The van der Waals surface area contributed by atoms with Crippen LogP contribution >= 0.6 is 34.8 Å². The largest absolute Gasteiger partial charge is 0.506 e. The lowest BCUT2D eigenvalue weighted by Crippen LogP contribution is -2.11. The smallest absolute Gasteiger partial charge is 0.295 e. The number of nitrogens with zero attached hydrogens (tertiary/aromatic N) is 3. The molecular weight excluding hydrogens is 365 g/mol. The third-order valence-electron chi connectivity index (χ3n) is 2.91. The normalized spacial score (nSPS) is 11.0. The number of aromatic hydroxyl groups is 1. The minimum atomic E-state index is -0.555. The molecule has 0 aliphatic rings. The zero-order valence-corrected chi connectivity index (χ0v) is 14.0. The first-order chi connectivity index (χ1) is 10.8. The lowest BCUT2D eigenvalue weighted by atomic mass is 10.2. The predicted octanol–water partition coefficient (Wildman–Crippen LogP) is 4.73. The van der Waals surface area contributed by atoms with E-state index in [2.05, 4.69) is 5.10 Å². The van der Waals surface area contributed by atoms with Gasteiger partial charge in [0.2, 0.25) is 0 Å². The molecule has 0 saturated heterocycles. The van der Waals surface area contributed by atoms with Gasteiger partial charge < -0.3 is 5.11 Å². The molecular formula is C14H10Cl3N3O3. The number of benzene rings is 2. The molecule has 0 spiro atoms. The van der Waals surface area contributed by atoms with Crippen LogP contribution in [0.15, 0.2) is 35.4 Å². The van der Waals surface area contributed by atoms with E-state index < -0.39 is 4.92 Å². The minimum Gasteiger partial charge on any atom is -0.506 e. The molecule has 0 heterocycles. The lowest BCUT2D eigenvalue weighted by molar-refractivity contribution is -0.384. The van der Waals surface area contributed by atoms with E-state index in [-0.39, 0.29) is 32.7 Å². The average Bonchev–Trinajstić information content (AvgIpc) is 2.48. The van der Waals surface area contributed by atoms with E-state index in [1.165, 1.54) is 48.6 Å². The molecule has 0 aliphatic heterocycles. The van der Waals surface area contributed by atoms with Gasteiger partial charge in [-0.25, -0.2) is 0 Å². The fraction of sp³-hybridized carbons (Fsp3) is 0.0714. The Balaban J connectivity index is 2.36. The number of nitro groups is 1. The fourth-order valence-corrected chi connectivity index (χ4v) is 2.49. The van der Waals surface area contributed by atoms with Crippen LogP contribution in [0.2, 0.25) is 15.1 Å². The van der Waals surface area contributed by atoms with Gasteiger partial charge in [-0.2, -0.15) is 5.10 Å². The predicted molar refractivity (Wildman–Crippen MR) is 92.2 cm³/mol. The monoisotopic (exact) mass is 373 g/mol. The van der Waals surface area contributed by atoms with Crippen LogP contribution in [0.3, 0.4) is 0 Å². The highest BCUT2D eigenvalue weighted by Crippen LogP contribution is 2.32. The first kappa shape index (κ1) is 17.3. The number of hydrazone groups is 1. The van der Waals surface area contributed by atoms with Crippen molar-refractivity contribution in [2.75, 3.05) is 12.1 Å². The van der Waals surface area contributed by atoms with E-state index >= 15 is 0 Å². The number of anilines is 1. The van der Waals surface area contributed by atoms with E-state index in [1.54, 1.807) is 0 Å². The Bertz CT molecular complexity index is 796. The molecule has 23 heavy (non-hydrogen) atoms. The SMILES string of the molecule is CN(/N=C/c1cc(Cl)cc(Cl)c1O)c1ccc(Cl)cc1[N+](=O)[O-]. The van der Waals surface area contributed by atoms with Crippen LogP contribution in [0.1, 0.15) is 5.56 Å². The summed E-state index contributed by atoms with van der Waals surface area (Å²) in [7, 11) is 1.52. The first-order valence-corrected chi connectivity index (χ1v) is 7.32. The van der Waals surface area contributed by atoms with E-state index in [4.69, 9.17) is 34.8 Å². The second-order valence-electron chi connectivity index (χ2n) is 4.48. The summed E-state index contributed by atoms with van der Waals surface area (Å²) in [5.41, 5.74) is 0.333. The van der Waals surface area contributed by atoms with Crippen molar-refractivity contribution < 1.29 is 10.0 Å². The first-order valence-electron chi connectivity index (χ1n) is 6.19. The maximum absolute atomic E-state index is 11.1. The molecule has 2 aromatic rings. The van der Waals surface area contributed by atoms with Gasteiger partial charge in [0, 0.05) is 28.7 Å². The summed E-state index contributed by atoms with van der Waals surface area (Å²) in [4.78, 5) is 10.5. The van der Waals surface area contributed by atoms with Crippen LogP contribution in [0.25, 0.3) is 0 Å². The third-order valence-corrected chi connectivity index (χ3v) is 3.65. The summed E-state index contributed by atoms with van der Waals surface area (Å²) in [6.07, 6.45) is 1.30. The van der Waals surface area contributed by atoms with Crippen molar-refractivity contribution in [2.24, 2.45) is 5.10 Å². The van der Waals surface area contributed by atoms with Crippen LogP contribution in [0, 0.1) is 10.1 Å². The molecule has 9 heteroatoms. The Morgan fingerprint density at radius 1 is 1.22 bits per heavy atom. The van der Waals surface area contributed by atoms with Crippen molar-refractivity contribution in [1.29, 1.82) is 0 Å². The fourth-order valence-electron chi connectivity index (χ4n) is 1.81. The zero-order chi connectivity index (χ0) is 17.1. The average molecular weight is 375 g/mol. The molecule has 0 bridgehead atoms. The molecule has 0 aliphatic carbocycles. The molecule has 6 nitrogen and oxygen atoms in total. The summed E-state index contributed by atoms with van der Waals surface area (Å²) < 4.78 is 0. The van der Waals surface area contributed by atoms with Gasteiger partial charge in [0.15, 0.2) is 0 Å². The molecule has 0 radical (unpaired) electrons. The van der Waals surface area contributed by atoms with Crippen LogP contribution in [-0.2, 0) is 0 Å². The summed E-state index contributed by atoms with van der Waals surface area (Å²) >= 11 is 17.5. The van der Waals surface area contributed by atoms with Crippen LogP contribution in [0.5, 0.6) is 5.75 Å². The van der Waals surface area contributed by atoms with E-state index in [0.717, 1.165) is 0 Å². The Kier molecular flexibility index (Phi) is 5.30. The highest BCUT2D eigenvalue weighted by molar-refractivity contribution is 6.36. The quantitative estimate of drug-likeness (QED) is 0.476. The number of phenolic OH excluding ortho intramolecular Hbond substituents is 1. The number of nitro benzene ring substituents is 1. The van der Waals surface area contributed by atoms with E-state index in [9.17, 15) is 15.2 Å². The molecule has 0 saturated carbocycles. The van der Waals surface area contributed by atoms with Crippen molar-refractivity contribution in [1.82, 2.24) is 0 Å². The van der Waals surface area contributed by atoms with Gasteiger partial charge in [-0.1, -0.05) is 34.8 Å². The van der Waals surface area contributed by atoms with Gasteiger partial charge in [-0.05, 0) is 24.3 Å². The minimum absolute atomic E-state index is 0.0825. The standard InChI is InChI=1S/C14H10Cl3N3O3/c1-19(12-3-2-9(15)6-13(12)20(22)23)18-7-8-4-10(16)5-11(17)14(8)21/h2-7,21H,1H3/b18-7+. The Hall–Kier alpha value is -2.02. The van der Waals surface area contributed by atoms with Crippen molar-refractivity contribution in [3.8, 4) is 5.75 Å². The highest BCUT2D eigenvalue weighted by atomic mass is 35.5. The molecule has 0 atom stereocenters. The summed E-state index contributed by atoms with van der Waals surface area (Å²) in [6.45, 7) is 0. The van der Waals surface area contributed by atoms with Crippen molar-refractivity contribution in [3.05, 3.63) is 61.1 Å². The number of halogens is 3.